The zero-order chi connectivity index (χ0) is 20.7. The number of benzene rings is 2. The van der Waals surface area contributed by atoms with Crippen LogP contribution in [0.5, 0.6) is 0 Å². The summed E-state index contributed by atoms with van der Waals surface area (Å²) in [4.78, 5) is 12.7. The summed E-state index contributed by atoms with van der Waals surface area (Å²) in [5.41, 5.74) is 2.66. The molecule has 2 aromatic carbocycles. The zero-order valence-corrected chi connectivity index (χ0v) is 17.3. The molecule has 7 heteroatoms. The van der Waals surface area contributed by atoms with Gasteiger partial charge in [-0.2, -0.15) is 0 Å². The van der Waals surface area contributed by atoms with E-state index in [1.54, 1.807) is 6.92 Å². The molecule has 28 heavy (non-hydrogen) atoms. The molecule has 0 aliphatic rings. The maximum atomic E-state index is 13.2. The van der Waals surface area contributed by atoms with Gasteiger partial charge in [-0.3, -0.25) is 9.10 Å². The predicted molar refractivity (Wildman–Crippen MR) is 110 cm³/mol. The second kappa shape index (κ2) is 9.68. The highest BCUT2D eigenvalue weighted by molar-refractivity contribution is 7.92. The SMILES string of the molecule is CCC(C(=O)NCCCc1cccc(C)c1)N(c1ccc(F)cc1)S(C)(=O)=O. The number of halogens is 1. The molecular formula is C21H27FN2O3S. The molecule has 1 N–H and O–H groups in total. The van der Waals surface area contributed by atoms with E-state index < -0.39 is 21.9 Å². The van der Waals surface area contributed by atoms with Crippen molar-refractivity contribution < 1.29 is 17.6 Å². The molecule has 0 aliphatic carbocycles. The fraction of sp³-hybridized carbons (Fsp3) is 0.381. The molecule has 0 heterocycles. The molecule has 0 aliphatic heterocycles. The van der Waals surface area contributed by atoms with Crippen LogP contribution in [-0.4, -0.2) is 33.2 Å². The number of hydrogen-bond acceptors (Lipinski definition) is 3. The molecule has 1 atom stereocenters. The van der Waals surface area contributed by atoms with Gasteiger partial charge in [0.2, 0.25) is 15.9 Å². The van der Waals surface area contributed by atoms with E-state index in [1.165, 1.54) is 35.4 Å². The molecule has 1 amide bonds. The molecule has 0 radical (unpaired) electrons. The van der Waals surface area contributed by atoms with Crippen LogP contribution in [0.3, 0.4) is 0 Å². The summed E-state index contributed by atoms with van der Waals surface area (Å²) in [6.07, 6.45) is 2.92. The number of amides is 1. The van der Waals surface area contributed by atoms with Crippen molar-refractivity contribution >= 4 is 21.6 Å². The molecule has 0 saturated heterocycles. The lowest BCUT2D eigenvalue weighted by Crippen LogP contribution is -2.49. The lowest BCUT2D eigenvalue weighted by atomic mass is 10.1. The molecule has 0 saturated carbocycles. The van der Waals surface area contributed by atoms with Crippen LogP contribution in [0.1, 0.15) is 30.9 Å². The Morgan fingerprint density at radius 1 is 1.18 bits per heavy atom. The summed E-state index contributed by atoms with van der Waals surface area (Å²) in [5.74, 6) is -0.827. The van der Waals surface area contributed by atoms with Crippen molar-refractivity contribution in [3.05, 3.63) is 65.5 Å². The Kier molecular flexibility index (Phi) is 7.57. The van der Waals surface area contributed by atoms with Crippen molar-refractivity contribution in [1.29, 1.82) is 0 Å². The first-order valence-corrected chi connectivity index (χ1v) is 11.2. The van der Waals surface area contributed by atoms with E-state index in [4.69, 9.17) is 0 Å². The average molecular weight is 407 g/mol. The third-order valence-electron chi connectivity index (χ3n) is 4.43. The summed E-state index contributed by atoms with van der Waals surface area (Å²) >= 11 is 0. The Morgan fingerprint density at radius 2 is 1.86 bits per heavy atom. The summed E-state index contributed by atoms with van der Waals surface area (Å²) < 4.78 is 38.9. The van der Waals surface area contributed by atoms with Crippen LogP contribution in [-0.2, 0) is 21.2 Å². The monoisotopic (exact) mass is 406 g/mol. The average Bonchev–Trinajstić information content (AvgIpc) is 2.63. The van der Waals surface area contributed by atoms with Crippen molar-refractivity contribution in [2.45, 2.75) is 39.2 Å². The zero-order valence-electron chi connectivity index (χ0n) is 16.5. The van der Waals surface area contributed by atoms with Gasteiger partial charge in [-0.1, -0.05) is 36.8 Å². The van der Waals surface area contributed by atoms with Gasteiger partial charge < -0.3 is 5.32 Å². The highest BCUT2D eigenvalue weighted by Gasteiger charge is 2.31. The van der Waals surface area contributed by atoms with Crippen LogP contribution >= 0.6 is 0 Å². The van der Waals surface area contributed by atoms with Crippen LogP contribution < -0.4 is 9.62 Å². The summed E-state index contributed by atoms with van der Waals surface area (Å²) in [6.45, 7) is 4.23. The van der Waals surface area contributed by atoms with Gasteiger partial charge in [-0.05, 0) is 56.0 Å². The Balaban J connectivity index is 2.04. The second-order valence-electron chi connectivity index (χ2n) is 6.84. The minimum absolute atomic E-state index is 0.269. The number of nitrogens with one attached hydrogen (secondary N) is 1. The van der Waals surface area contributed by atoms with Crippen LogP contribution in [0.4, 0.5) is 10.1 Å². The van der Waals surface area contributed by atoms with E-state index in [1.807, 2.05) is 25.1 Å². The maximum absolute atomic E-state index is 13.2. The highest BCUT2D eigenvalue weighted by atomic mass is 32.2. The smallest absolute Gasteiger partial charge is 0.243 e. The summed E-state index contributed by atoms with van der Waals surface area (Å²) in [5, 5.41) is 2.83. The summed E-state index contributed by atoms with van der Waals surface area (Å²) in [7, 11) is -3.72. The molecule has 152 valence electrons. The van der Waals surface area contributed by atoms with Gasteiger partial charge in [0, 0.05) is 6.54 Å². The van der Waals surface area contributed by atoms with Gasteiger partial charge in [0.15, 0.2) is 0 Å². The fourth-order valence-corrected chi connectivity index (χ4v) is 4.35. The van der Waals surface area contributed by atoms with E-state index in [0.717, 1.165) is 23.4 Å². The van der Waals surface area contributed by atoms with Crippen molar-refractivity contribution in [2.75, 3.05) is 17.1 Å². The Morgan fingerprint density at radius 3 is 2.43 bits per heavy atom. The van der Waals surface area contributed by atoms with E-state index >= 15 is 0 Å². The third-order valence-corrected chi connectivity index (χ3v) is 5.61. The normalized spacial score (nSPS) is 12.4. The van der Waals surface area contributed by atoms with Crippen LogP contribution in [0.25, 0.3) is 0 Å². The van der Waals surface area contributed by atoms with Crippen molar-refractivity contribution in [3.8, 4) is 0 Å². The first-order chi connectivity index (χ1) is 13.2. The summed E-state index contributed by atoms with van der Waals surface area (Å²) in [6, 6.07) is 12.4. The number of sulfonamides is 1. The van der Waals surface area contributed by atoms with Crippen molar-refractivity contribution in [1.82, 2.24) is 5.32 Å². The molecule has 0 aromatic heterocycles. The quantitative estimate of drug-likeness (QED) is 0.649. The first kappa shape index (κ1) is 21.9. The van der Waals surface area contributed by atoms with E-state index in [2.05, 4.69) is 11.4 Å². The molecule has 0 bridgehead atoms. The van der Waals surface area contributed by atoms with E-state index in [9.17, 15) is 17.6 Å². The van der Waals surface area contributed by atoms with Crippen LogP contribution in [0, 0.1) is 12.7 Å². The topological polar surface area (TPSA) is 66.5 Å². The van der Waals surface area contributed by atoms with Gasteiger partial charge in [-0.25, -0.2) is 12.8 Å². The number of hydrogen-bond donors (Lipinski definition) is 1. The largest absolute Gasteiger partial charge is 0.354 e. The van der Waals surface area contributed by atoms with Gasteiger partial charge >= 0.3 is 0 Å². The van der Waals surface area contributed by atoms with Gasteiger partial charge in [0.05, 0.1) is 11.9 Å². The molecule has 5 nitrogen and oxygen atoms in total. The molecule has 2 aromatic rings. The Labute approximate surface area is 166 Å². The molecule has 1 unspecified atom stereocenters. The highest BCUT2D eigenvalue weighted by Crippen LogP contribution is 2.22. The number of anilines is 1. The fourth-order valence-electron chi connectivity index (χ4n) is 3.14. The van der Waals surface area contributed by atoms with Crippen LogP contribution in [0.15, 0.2) is 48.5 Å². The number of carbonyl (C=O) groups is 1. The number of aryl methyl sites for hydroxylation is 2. The number of nitrogens with zero attached hydrogens (tertiary/aromatic N) is 1. The minimum Gasteiger partial charge on any atom is -0.354 e. The first-order valence-electron chi connectivity index (χ1n) is 9.30. The minimum atomic E-state index is -3.72. The molecule has 2 rings (SSSR count). The van der Waals surface area contributed by atoms with Gasteiger partial charge in [0.1, 0.15) is 11.9 Å². The van der Waals surface area contributed by atoms with E-state index in [0.29, 0.717) is 13.0 Å². The predicted octanol–water partition coefficient (Wildman–Crippen LogP) is 3.43. The van der Waals surface area contributed by atoms with Crippen molar-refractivity contribution in [3.63, 3.8) is 0 Å². The standard InChI is InChI=1S/C21H27FN2O3S/c1-4-20(24(28(3,26)27)19-12-10-18(22)11-13-19)21(25)23-14-6-9-17-8-5-7-16(2)15-17/h5,7-8,10-13,15,20H,4,6,9,14H2,1-3H3,(H,23,25). The Bertz CT molecular complexity index is 898. The van der Waals surface area contributed by atoms with E-state index in [-0.39, 0.29) is 11.6 Å². The molecule has 0 spiro atoms. The van der Waals surface area contributed by atoms with Gasteiger partial charge in [0.25, 0.3) is 0 Å². The van der Waals surface area contributed by atoms with Crippen molar-refractivity contribution in [2.24, 2.45) is 0 Å². The number of carbonyl (C=O) groups excluding carboxylic acids is 1. The third kappa shape index (κ3) is 6.05. The lowest BCUT2D eigenvalue weighted by molar-refractivity contribution is -0.122. The van der Waals surface area contributed by atoms with Crippen LogP contribution in [0.2, 0.25) is 0 Å². The second-order valence-corrected chi connectivity index (χ2v) is 8.70. The Hall–Kier alpha value is -2.41. The molecular weight excluding hydrogens is 379 g/mol. The van der Waals surface area contributed by atoms with Gasteiger partial charge in [-0.15, -0.1) is 0 Å². The number of rotatable bonds is 9. The molecule has 0 fully saturated rings. The maximum Gasteiger partial charge on any atom is 0.243 e. The lowest BCUT2D eigenvalue weighted by Gasteiger charge is -2.30.